The Hall–Kier alpha value is -7.76. The Morgan fingerprint density at radius 1 is 0.957 bits per heavy atom. The summed E-state index contributed by atoms with van der Waals surface area (Å²) < 4.78 is 53.7. The van der Waals surface area contributed by atoms with Crippen LogP contribution in [0.15, 0.2) is 83.9 Å². The summed E-state index contributed by atoms with van der Waals surface area (Å²) in [4.78, 5) is 73.0. The normalized spacial score (nSPS) is 15.8. The number of alkyl halides is 2. The van der Waals surface area contributed by atoms with Gasteiger partial charge in [-0.2, -0.15) is 5.10 Å². The highest BCUT2D eigenvalue weighted by Gasteiger charge is 2.46. The van der Waals surface area contributed by atoms with Crippen molar-refractivity contribution in [1.29, 1.82) is 0 Å². The van der Waals surface area contributed by atoms with E-state index in [1.165, 1.54) is 36.0 Å². The summed E-state index contributed by atoms with van der Waals surface area (Å²) >= 11 is 0. The number of amides is 5. The molecule has 3 aliphatic rings. The van der Waals surface area contributed by atoms with Crippen molar-refractivity contribution in [2.75, 3.05) is 50.2 Å². The van der Waals surface area contributed by atoms with Crippen LogP contribution in [-0.2, 0) is 38.8 Å². The van der Waals surface area contributed by atoms with Crippen LogP contribution in [0.25, 0.3) is 17.1 Å². The van der Waals surface area contributed by atoms with Crippen LogP contribution in [-0.4, -0.2) is 115 Å². The Bertz CT molecular complexity index is 2840. The summed E-state index contributed by atoms with van der Waals surface area (Å²) in [5.74, 6) is -1.49. The number of imide groups is 2. The van der Waals surface area contributed by atoms with Crippen molar-refractivity contribution >= 4 is 41.0 Å². The van der Waals surface area contributed by atoms with Gasteiger partial charge in [-0.3, -0.25) is 34.2 Å². The van der Waals surface area contributed by atoms with Crippen molar-refractivity contribution < 1.29 is 51.4 Å². The van der Waals surface area contributed by atoms with E-state index in [4.69, 9.17) is 18.6 Å². The molecule has 358 valence electrons. The molecule has 23 heteroatoms. The third-order valence-corrected chi connectivity index (χ3v) is 11.4. The lowest BCUT2D eigenvalue weighted by Crippen LogP contribution is -2.54. The van der Waals surface area contributed by atoms with Gasteiger partial charge in [0.25, 0.3) is 24.1 Å². The van der Waals surface area contributed by atoms with E-state index < -0.39 is 47.7 Å². The molecule has 6 heterocycles. The predicted molar refractivity (Wildman–Crippen MR) is 238 cm³/mol. The number of halogens is 2. The fourth-order valence-corrected chi connectivity index (χ4v) is 7.60. The van der Waals surface area contributed by atoms with Crippen molar-refractivity contribution in [3.05, 3.63) is 113 Å². The van der Waals surface area contributed by atoms with Crippen LogP contribution in [0.4, 0.5) is 20.3 Å². The number of nitrogens with zero attached hydrogens (tertiary/aromatic N) is 8. The Balaban J connectivity index is 0.654. The molecule has 1 unspecified atom stereocenters. The van der Waals surface area contributed by atoms with E-state index in [0.29, 0.717) is 74.7 Å². The fraction of sp³-hybridized carbons (Fsp3) is 0.348. The Kier molecular flexibility index (Phi) is 14.1. The van der Waals surface area contributed by atoms with Crippen LogP contribution in [0, 0.1) is 5.92 Å². The number of pyridine rings is 1. The van der Waals surface area contributed by atoms with Gasteiger partial charge in [-0.1, -0.05) is 23.4 Å². The van der Waals surface area contributed by atoms with Crippen molar-refractivity contribution in [1.82, 2.24) is 50.3 Å². The minimum absolute atomic E-state index is 0.0205. The minimum Gasteiger partial charge on any atom is -0.486 e. The number of rotatable bonds is 23. The number of aromatic nitrogens is 7. The van der Waals surface area contributed by atoms with Crippen LogP contribution >= 0.6 is 0 Å². The standard InChI is InChI=1S/C46H46F2N12O9/c47-41(48)40-33(52-42(62)34-26-69-44(53-34)29-12-13-50-37(20-29)51-22-28-4-5-28)24-59(56-40)31-8-6-27(7-9-31)21-49-14-16-66-18-19-67-17-15-58-23-30(55-57-58)25-68-36-3-1-2-32-39(36)46(65)60(45(32)64)35-10-11-38(61)54-43(35)63/h1-3,6-9,12-13,20,23-24,26,28,35,41,49H,4-5,10-11,14-19,21-22,25H2,(H,50,51)(H,52,62)(H,54,61,63). The molecule has 1 atom stereocenters. The van der Waals surface area contributed by atoms with E-state index in [1.807, 2.05) is 12.1 Å². The molecule has 1 aliphatic carbocycles. The second-order valence-electron chi connectivity index (χ2n) is 16.4. The van der Waals surface area contributed by atoms with E-state index >= 15 is 0 Å². The molecule has 21 nitrogen and oxygen atoms in total. The molecular formula is C46H46F2N12O9. The number of anilines is 2. The summed E-state index contributed by atoms with van der Waals surface area (Å²) in [5, 5.41) is 23.5. The lowest BCUT2D eigenvalue weighted by molar-refractivity contribution is -0.136. The van der Waals surface area contributed by atoms with E-state index in [9.17, 15) is 32.8 Å². The molecular weight excluding hydrogens is 903 g/mol. The highest BCUT2D eigenvalue weighted by Crippen LogP contribution is 2.34. The van der Waals surface area contributed by atoms with Gasteiger partial charge in [0.05, 0.1) is 67.9 Å². The number of ether oxygens (including phenoxy) is 3. The second-order valence-corrected chi connectivity index (χ2v) is 16.4. The number of carbonyl (C=O) groups is 5. The molecule has 9 rings (SSSR count). The van der Waals surface area contributed by atoms with Gasteiger partial charge in [0.15, 0.2) is 11.4 Å². The first-order valence-corrected chi connectivity index (χ1v) is 22.2. The van der Waals surface area contributed by atoms with Gasteiger partial charge in [0.1, 0.15) is 36.2 Å². The van der Waals surface area contributed by atoms with Crippen LogP contribution in [0.1, 0.15) is 80.3 Å². The average molecular weight is 949 g/mol. The van der Waals surface area contributed by atoms with Gasteiger partial charge in [0.2, 0.25) is 17.7 Å². The lowest BCUT2D eigenvalue weighted by atomic mass is 10.0. The molecule has 5 amide bonds. The van der Waals surface area contributed by atoms with Crippen molar-refractivity contribution in [3.63, 3.8) is 0 Å². The minimum atomic E-state index is -2.95. The third-order valence-electron chi connectivity index (χ3n) is 11.4. The number of piperidine rings is 1. The van der Waals surface area contributed by atoms with Gasteiger partial charge in [-0.25, -0.2) is 28.1 Å². The number of oxazole rings is 1. The van der Waals surface area contributed by atoms with E-state index in [1.54, 1.807) is 53.5 Å². The summed E-state index contributed by atoms with van der Waals surface area (Å²) in [7, 11) is 0. The van der Waals surface area contributed by atoms with Crippen molar-refractivity contribution in [2.45, 2.75) is 57.8 Å². The molecule has 69 heavy (non-hydrogen) atoms. The lowest BCUT2D eigenvalue weighted by Gasteiger charge is -2.27. The third kappa shape index (κ3) is 11.2. The maximum Gasteiger partial charge on any atom is 0.284 e. The largest absolute Gasteiger partial charge is 0.486 e. The summed E-state index contributed by atoms with van der Waals surface area (Å²) in [5.41, 5.74) is 1.88. The Morgan fingerprint density at radius 3 is 2.58 bits per heavy atom. The van der Waals surface area contributed by atoms with Gasteiger partial charge < -0.3 is 34.6 Å². The fourth-order valence-electron chi connectivity index (χ4n) is 7.60. The van der Waals surface area contributed by atoms with Gasteiger partial charge in [-0.15, -0.1) is 5.10 Å². The van der Waals surface area contributed by atoms with Gasteiger partial charge in [0, 0.05) is 37.8 Å². The zero-order valence-corrected chi connectivity index (χ0v) is 36.9. The predicted octanol–water partition coefficient (Wildman–Crippen LogP) is 4.33. The van der Waals surface area contributed by atoms with E-state index in [2.05, 4.69) is 46.6 Å². The maximum absolute atomic E-state index is 14.1. The number of nitrogens with one attached hydrogen (secondary N) is 4. The smallest absolute Gasteiger partial charge is 0.284 e. The van der Waals surface area contributed by atoms with Crippen LogP contribution < -0.4 is 26.0 Å². The van der Waals surface area contributed by atoms with Gasteiger partial charge in [-0.05, 0) is 67.1 Å². The first-order valence-electron chi connectivity index (χ1n) is 22.2. The molecule has 6 aromatic rings. The van der Waals surface area contributed by atoms with Gasteiger partial charge >= 0.3 is 0 Å². The van der Waals surface area contributed by atoms with Crippen molar-refractivity contribution in [2.24, 2.45) is 5.92 Å². The first-order chi connectivity index (χ1) is 33.6. The summed E-state index contributed by atoms with van der Waals surface area (Å²) in [6.45, 7) is 3.79. The Labute approximate surface area is 391 Å². The zero-order valence-electron chi connectivity index (χ0n) is 36.9. The number of fused-ring (bicyclic) bond motifs is 1. The quantitative estimate of drug-likeness (QED) is 0.0515. The highest BCUT2D eigenvalue weighted by molar-refractivity contribution is 6.24. The second kappa shape index (κ2) is 21.0. The highest BCUT2D eigenvalue weighted by atomic mass is 19.3. The van der Waals surface area contributed by atoms with E-state index in [0.717, 1.165) is 17.0 Å². The molecule has 0 bridgehead atoms. The topological polar surface area (TPSA) is 252 Å². The molecule has 2 aliphatic heterocycles. The Morgan fingerprint density at radius 2 is 1.78 bits per heavy atom. The molecule has 4 N–H and O–H groups in total. The molecule has 1 saturated heterocycles. The van der Waals surface area contributed by atoms with Crippen LogP contribution in [0.3, 0.4) is 0 Å². The molecule has 0 radical (unpaired) electrons. The van der Waals surface area contributed by atoms with Crippen LogP contribution in [0.2, 0.25) is 0 Å². The molecule has 0 spiro atoms. The molecule has 1 saturated carbocycles. The van der Waals surface area contributed by atoms with Crippen LogP contribution in [0.5, 0.6) is 5.75 Å². The van der Waals surface area contributed by atoms with Crippen molar-refractivity contribution in [3.8, 4) is 22.9 Å². The molecule has 2 fully saturated rings. The first kappa shape index (κ1) is 46.4. The van der Waals surface area contributed by atoms with E-state index in [-0.39, 0.29) is 53.6 Å². The maximum atomic E-state index is 14.1. The summed E-state index contributed by atoms with van der Waals surface area (Å²) in [6, 6.07) is 14.2. The average Bonchev–Trinajstić information content (AvgIpc) is 3.63. The number of benzene rings is 2. The molecule has 2 aromatic carbocycles. The number of hydrogen-bond acceptors (Lipinski definition) is 16. The number of carbonyl (C=O) groups excluding carboxylic acids is 5. The zero-order chi connectivity index (χ0) is 47.9. The SMILES string of the molecule is O=C1CCC(N2C(=O)c3cccc(OCc4cn(CCOCCOCCNCc5ccc(-n6cc(NC(=O)c7coc(-c8ccnc(NCC9CC9)c8)n7)c(C(F)F)n6)cc5)nn4)c3C2=O)C(=O)N1. The monoisotopic (exact) mass is 948 g/mol. The number of hydrogen-bond donors (Lipinski definition) is 4. The molecule has 4 aromatic heterocycles. The summed E-state index contributed by atoms with van der Waals surface area (Å²) in [6.07, 6.45) is 5.29.